The van der Waals surface area contributed by atoms with Crippen LogP contribution >= 0.6 is 23.7 Å². The van der Waals surface area contributed by atoms with Crippen LogP contribution < -0.4 is 14.4 Å². The maximum absolute atomic E-state index is 14.2. The third-order valence-corrected chi connectivity index (χ3v) is 6.10. The molecule has 1 aromatic heterocycles. The lowest BCUT2D eigenvalue weighted by Crippen LogP contribution is -2.44. The normalized spacial score (nSPS) is 14.1. The molecule has 1 fully saturated rings. The summed E-state index contributed by atoms with van der Waals surface area (Å²) in [5.41, 5.74) is 0.275. The van der Waals surface area contributed by atoms with Crippen molar-refractivity contribution in [3.05, 3.63) is 48.3 Å². The summed E-state index contributed by atoms with van der Waals surface area (Å²) in [5, 5.41) is 0.460. The van der Waals surface area contributed by atoms with Crippen LogP contribution in [0.1, 0.15) is 0 Å². The number of halogens is 2. The highest BCUT2D eigenvalue weighted by molar-refractivity contribution is 7.22. The maximum atomic E-state index is 14.2. The van der Waals surface area contributed by atoms with Gasteiger partial charge in [-0.3, -0.25) is 14.6 Å². The van der Waals surface area contributed by atoms with Gasteiger partial charge in [0.2, 0.25) is 0 Å². The van der Waals surface area contributed by atoms with Crippen LogP contribution in [0.25, 0.3) is 10.2 Å². The molecule has 1 amide bonds. The topological polar surface area (TPSA) is 64.1 Å². The second kappa shape index (κ2) is 11.4. The van der Waals surface area contributed by atoms with Gasteiger partial charge in [-0.05, 0) is 24.3 Å². The van der Waals surface area contributed by atoms with Crippen molar-refractivity contribution < 1.29 is 23.4 Å². The minimum atomic E-state index is -0.397. The molecule has 7 nitrogen and oxygen atoms in total. The average molecular weight is 482 g/mol. The van der Waals surface area contributed by atoms with Crippen molar-refractivity contribution in [2.24, 2.45) is 0 Å². The molecule has 172 valence electrons. The molecule has 2 heterocycles. The van der Waals surface area contributed by atoms with Gasteiger partial charge < -0.3 is 14.2 Å². The Morgan fingerprint density at radius 1 is 1.19 bits per heavy atom. The number of methoxy groups -OCH3 is 1. The summed E-state index contributed by atoms with van der Waals surface area (Å²) in [4.78, 5) is 21.4. The average Bonchev–Trinajstić information content (AvgIpc) is 3.24. The fourth-order valence-corrected chi connectivity index (χ4v) is 4.39. The number of anilines is 1. The zero-order valence-corrected chi connectivity index (χ0v) is 19.3. The van der Waals surface area contributed by atoms with E-state index in [1.807, 2.05) is 12.1 Å². The van der Waals surface area contributed by atoms with Crippen LogP contribution in [0.3, 0.4) is 0 Å². The number of benzene rings is 2. The summed E-state index contributed by atoms with van der Waals surface area (Å²) in [6.07, 6.45) is 0. The first-order valence-electron chi connectivity index (χ1n) is 10.1. The van der Waals surface area contributed by atoms with Gasteiger partial charge in [0.1, 0.15) is 11.3 Å². The third kappa shape index (κ3) is 5.66. The number of para-hydroxylation sites is 3. The Hall–Kier alpha value is -2.46. The van der Waals surface area contributed by atoms with E-state index in [2.05, 4.69) is 9.88 Å². The van der Waals surface area contributed by atoms with Gasteiger partial charge >= 0.3 is 0 Å². The predicted molar refractivity (Wildman–Crippen MR) is 125 cm³/mol. The first-order chi connectivity index (χ1) is 15.2. The minimum absolute atomic E-state index is 0. The Morgan fingerprint density at radius 2 is 1.94 bits per heavy atom. The van der Waals surface area contributed by atoms with Gasteiger partial charge in [-0.15, -0.1) is 12.4 Å². The molecule has 1 saturated heterocycles. The van der Waals surface area contributed by atoms with Gasteiger partial charge in [-0.2, -0.15) is 0 Å². The molecule has 0 radical (unpaired) electrons. The molecule has 32 heavy (non-hydrogen) atoms. The van der Waals surface area contributed by atoms with E-state index in [1.165, 1.54) is 17.4 Å². The van der Waals surface area contributed by atoms with E-state index in [1.54, 1.807) is 36.3 Å². The molecule has 3 aromatic rings. The second-order valence-electron chi connectivity index (χ2n) is 7.02. The number of carbonyl (C=O) groups is 1. The lowest BCUT2D eigenvalue weighted by Gasteiger charge is -2.29. The van der Waals surface area contributed by atoms with E-state index in [4.69, 9.17) is 14.2 Å². The highest BCUT2D eigenvalue weighted by atomic mass is 35.5. The monoisotopic (exact) mass is 481 g/mol. The zero-order valence-electron chi connectivity index (χ0n) is 17.7. The third-order valence-electron chi connectivity index (χ3n) is 5.05. The molecular weight excluding hydrogens is 457 g/mol. The smallest absolute Gasteiger partial charge is 0.266 e. The van der Waals surface area contributed by atoms with Gasteiger partial charge in [-0.1, -0.05) is 29.5 Å². The van der Waals surface area contributed by atoms with Gasteiger partial charge in [-0.25, -0.2) is 9.37 Å². The largest absolute Gasteiger partial charge is 0.493 e. The van der Waals surface area contributed by atoms with Crippen molar-refractivity contribution >= 4 is 45.0 Å². The van der Waals surface area contributed by atoms with Gasteiger partial charge in [0.15, 0.2) is 23.2 Å². The van der Waals surface area contributed by atoms with Crippen LogP contribution in [0.5, 0.6) is 11.5 Å². The quantitative estimate of drug-likeness (QED) is 0.490. The number of amides is 1. The van der Waals surface area contributed by atoms with Crippen LogP contribution in [0.15, 0.2) is 42.5 Å². The molecule has 2 aromatic carbocycles. The van der Waals surface area contributed by atoms with E-state index in [-0.39, 0.29) is 30.4 Å². The summed E-state index contributed by atoms with van der Waals surface area (Å²) >= 11 is 1.29. The molecule has 1 aliphatic heterocycles. The summed E-state index contributed by atoms with van der Waals surface area (Å²) in [6.45, 7) is 3.90. The number of aromatic nitrogens is 1. The number of hydrogen-bond acceptors (Lipinski definition) is 7. The highest BCUT2D eigenvalue weighted by Gasteiger charge is 2.23. The molecule has 0 aliphatic carbocycles. The number of carbonyl (C=O) groups excluding carboxylic acids is 1. The minimum Gasteiger partial charge on any atom is -0.493 e. The van der Waals surface area contributed by atoms with Crippen LogP contribution in [0.4, 0.5) is 9.52 Å². The van der Waals surface area contributed by atoms with Crippen molar-refractivity contribution in [2.45, 2.75) is 0 Å². The number of hydrogen-bond donors (Lipinski definition) is 0. The van der Waals surface area contributed by atoms with Crippen LogP contribution in [0.2, 0.25) is 0 Å². The van der Waals surface area contributed by atoms with Crippen molar-refractivity contribution in [1.82, 2.24) is 9.88 Å². The molecule has 0 bridgehead atoms. The van der Waals surface area contributed by atoms with E-state index in [9.17, 15) is 9.18 Å². The fourth-order valence-electron chi connectivity index (χ4n) is 3.37. The lowest BCUT2D eigenvalue weighted by molar-refractivity contribution is -0.120. The molecule has 0 unspecified atom stereocenters. The van der Waals surface area contributed by atoms with Crippen molar-refractivity contribution in [3.8, 4) is 11.5 Å². The molecule has 10 heteroatoms. The first-order valence-corrected chi connectivity index (χ1v) is 10.9. The number of nitrogens with zero attached hydrogens (tertiary/aromatic N) is 3. The molecule has 0 saturated carbocycles. The molecule has 0 atom stereocenters. The molecule has 4 rings (SSSR count). The van der Waals surface area contributed by atoms with Crippen molar-refractivity contribution in [2.75, 3.05) is 58.0 Å². The van der Waals surface area contributed by atoms with E-state index in [0.29, 0.717) is 47.6 Å². The summed E-state index contributed by atoms with van der Waals surface area (Å²) in [5.74, 6) is 0.392. The Bertz CT molecular complexity index is 1040. The number of ether oxygens (including phenoxy) is 3. The molecular formula is C22H25ClFN3O4S. The first kappa shape index (κ1) is 24.2. The number of morpholine rings is 1. The van der Waals surface area contributed by atoms with Crippen LogP contribution in [0, 0.1) is 5.82 Å². The van der Waals surface area contributed by atoms with Crippen molar-refractivity contribution in [1.29, 1.82) is 0 Å². The summed E-state index contributed by atoms with van der Waals surface area (Å²) in [6, 6.07) is 12.0. The van der Waals surface area contributed by atoms with Gasteiger partial charge in [0.05, 0.1) is 25.0 Å². The number of thiazole rings is 1. The Labute approximate surface area is 196 Å². The number of rotatable bonds is 8. The van der Waals surface area contributed by atoms with Gasteiger partial charge in [0.25, 0.3) is 5.91 Å². The number of fused-ring (bicyclic) bond motifs is 1. The van der Waals surface area contributed by atoms with Gasteiger partial charge in [0, 0.05) is 26.2 Å². The zero-order chi connectivity index (χ0) is 21.6. The van der Waals surface area contributed by atoms with E-state index in [0.717, 1.165) is 13.1 Å². The Morgan fingerprint density at radius 3 is 2.66 bits per heavy atom. The Balaban J connectivity index is 0.00000289. The highest BCUT2D eigenvalue weighted by Crippen LogP contribution is 2.31. The molecule has 0 spiro atoms. The SMILES string of the molecule is COc1ccccc1OCC(=O)N(CCN1CCOCC1)c1nc2c(F)cccc2s1.Cl. The van der Waals surface area contributed by atoms with Crippen LogP contribution in [-0.2, 0) is 9.53 Å². The van der Waals surface area contributed by atoms with Crippen LogP contribution in [-0.4, -0.2) is 68.9 Å². The maximum Gasteiger partial charge on any atom is 0.266 e. The predicted octanol–water partition coefficient (Wildman–Crippen LogP) is 3.61. The fraction of sp³-hybridized carbons (Fsp3) is 0.364. The summed E-state index contributed by atoms with van der Waals surface area (Å²) < 4.78 is 31.3. The van der Waals surface area contributed by atoms with Crippen molar-refractivity contribution in [3.63, 3.8) is 0 Å². The second-order valence-corrected chi connectivity index (χ2v) is 8.03. The molecule has 1 aliphatic rings. The molecule has 0 N–H and O–H groups in total. The van der Waals surface area contributed by atoms with E-state index < -0.39 is 5.82 Å². The van der Waals surface area contributed by atoms with E-state index >= 15 is 0 Å². The summed E-state index contributed by atoms with van der Waals surface area (Å²) in [7, 11) is 1.55. The standard InChI is InChI=1S/C22H24FN3O4S.ClH/c1-28-17-6-2-3-7-18(17)30-15-20(27)26(10-9-25-11-13-29-14-12-25)22-24-21-16(23)5-4-8-19(21)31-22;/h2-8H,9-15H2,1H3;1H. The Kier molecular flexibility index (Phi) is 8.63. The lowest BCUT2D eigenvalue weighted by atomic mass is 10.3.